The number of likely N-dealkylation sites (tertiary alicyclic amines) is 2. The van der Waals surface area contributed by atoms with Crippen LogP contribution in [0.1, 0.15) is 59.3 Å². The molecular formula is C18H36B2F8N2. The van der Waals surface area contributed by atoms with Gasteiger partial charge in [0.25, 0.3) is 0 Å². The van der Waals surface area contributed by atoms with Gasteiger partial charge < -0.3 is 39.0 Å². The molecule has 0 saturated carbocycles. The molecule has 0 spiro atoms. The van der Waals surface area contributed by atoms with Crippen LogP contribution in [-0.2, 0) is 0 Å². The minimum absolute atomic E-state index is 0.637. The largest absolute Gasteiger partial charge is 0.673 e. The number of likely N-dealkylation sites (N-methyl/N-ethyl adjacent to an activating group) is 2. The highest BCUT2D eigenvalue weighted by Crippen LogP contribution is 2.33. The highest BCUT2D eigenvalue weighted by Gasteiger charge is 2.44. The molecule has 12 heteroatoms. The summed E-state index contributed by atoms with van der Waals surface area (Å²) in [5, 5.41) is 0. The zero-order valence-electron chi connectivity index (χ0n) is 18.3. The molecule has 2 heterocycles. The van der Waals surface area contributed by atoms with Gasteiger partial charge in [0.2, 0.25) is 0 Å². The highest BCUT2D eigenvalue weighted by molar-refractivity contribution is 6.50. The summed E-state index contributed by atoms with van der Waals surface area (Å²) >= 11 is 0. The van der Waals surface area contributed by atoms with Crippen LogP contribution in [0.2, 0.25) is 0 Å². The van der Waals surface area contributed by atoms with Crippen LogP contribution in [0.15, 0.2) is 12.3 Å². The zero-order valence-corrected chi connectivity index (χ0v) is 18.3. The maximum absolute atomic E-state index is 9.75. The van der Waals surface area contributed by atoms with Gasteiger partial charge in [-0.2, -0.15) is 0 Å². The zero-order chi connectivity index (χ0) is 23.6. The summed E-state index contributed by atoms with van der Waals surface area (Å²) in [5.41, 5.74) is 1.54. The summed E-state index contributed by atoms with van der Waals surface area (Å²) in [4.78, 5) is 0. The van der Waals surface area contributed by atoms with Crippen LogP contribution in [0, 0.1) is 0 Å². The van der Waals surface area contributed by atoms with Crippen LogP contribution >= 0.6 is 0 Å². The Hall–Kier alpha value is -0.770. The van der Waals surface area contributed by atoms with Crippen molar-refractivity contribution in [3.8, 4) is 0 Å². The van der Waals surface area contributed by atoms with Crippen LogP contribution in [-0.4, -0.2) is 68.8 Å². The van der Waals surface area contributed by atoms with E-state index < -0.39 is 14.5 Å². The normalized spacial score (nSPS) is 22.0. The summed E-state index contributed by atoms with van der Waals surface area (Å²) in [6, 6.07) is 0.637. The van der Waals surface area contributed by atoms with E-state index >= 15 is 0 Å². The predicted molar refractivity (Wildman–Crippen MR) is 108 cm³/mol. The second kappa shape index (κ2) is 12.3. The topological polar surface area (TPSA) is 0 Å². The molecule has 2 nitrogen and oxygen atoms in total. The molecule has 1 unspecified atom stereocenters. The van der Waals surface area contributed by atoms with E-state index in [0.717, 1.165) is 0 Å². The second-order valence-electron chi connectivity index (χ2n) is 8.17. The lowest BCUT2D eigenvalue weighted by atomic mass is 9.98. The first-order valence-electron chi connectivity index (χ1n) is 10.8. The van der Waals surface area contributed by atoms with Gasteiger partial charge in [-0.1, -0.05) is 0 Å². The van der Waals surface area contributed by atoms with Gasteiger partial charge in [0.1, 0.15) is 0 Å². The Morgan fingerprint density at radius 2 is 1.03 bits per heavy atom. The molecule has 1 atom stereocenters. The molecule has 0 bridgehead atoms. The lowest BCUT2D eigenvalue weighted by Crippen LogP contribution is -2.63. The third-order valence-electron chi connectivity index (χ3n) is 6.53. The minimum Gasteiger partial charge on any atom is -0.418 e. The van der Waals surface area contributed by atoms with E-state index in [1.165, 1.54) is 92.5 Å². The third-order valence-corrected chi connectivity index (χ3v) is 6.53. The van der Waals surface area contributed by atoms with E-state index in [1.54, 1.807) is 0 Å². The van der Waals surface area contributed by atoms with Crippen LogP contribution in [0.3, 0.4) is 0 Å². The minimum atomic E-state index is -6.00. The fourth-order valence-corrected chi connectivity index (χ4v) is 4.76. The van der Waals surface area contributed by atoms with Gasteiger partial charge in [0.15, 0.2) is 11.7 Å². The molecular weight excluding hydrogens is 418 g/mol. The number of halogens is 8. The fourth-order valence-electron chi connectivity index (χ4n) is 4.76. The number of rotatable bonds is 5. The van der Waals surface area contributed by atoms with E-state index in [1.807, 2.05) is 0 Å². The van der Waals surface area contributed by atoms with Crippen LogP contribution in [0.4, 0.5) is 34.5 Å². The first-order valence-corrected chi connectivity index (χ1v) is 10.8. The van der Waals surface area contributed by atoms with Crippen molar-refractivity contribution in [3.63, 3.8) is 0 Å². The van der Waals surface area contributed by atoms with E-state index in [9.17, 15) is 34.5 Å². The first-order chi connectivity index (χ1) is 13.6. The van der Waals surface area contributed by atoms with Crippen LogP contribution < -0.4 is 0 Å². The molecule has 0 amide bonds. The monoisotopic (exact) mass is 454 g/mol. The van der Waals surface area contributed by atoms with Crippen molar-refractivity contribution in [2.75, 3.05) is 39.3 Å². The van der Waals surface area contributed by atoms with Crippen molar-refractivity contribution in [1.29, 1.82) is 0 Å². The second-order valence-corrected chi connectivity index (χ2v) is 8.17. The van der Waals surface area contributed by atoms with Crippen molar-refractivity contribution >= 4 is 14.5 Å². The highest BCUT2D eigenvalue weighted by atomic mass is 19.5. The predicted octanol–water partition coefficient (Wildman–Crippen LogP) is 6.53. The molecule has 0 aliphatic carbocycles. The fraction of sp³-hybridized carbons (Fsp3) is 0.889. The summed E-state index contributed by atoms with van der Waals surface area (Å²) in [5.74, 6) is 0. The van der Waals surface area contributed by atoms with Crippen molar-refractivity contribution in [1.82, 2.24) is 0 Å². The molecule has 0 aromatic carbocycles. The maximum atomic E-state index is 9.75. The number of hydrogen-bond donors (Lipinski definition) is 0. The van der Waals surface area contributed by atoms with Gasteiger partial charge in [-0.15, -0.1) is 0 Å². The van der Waals surface area contributed by atoms with Crippen molar-refractivity contribution in [2.24, 2.45) is 0 Å². The molecule has 2 saturated heterocycles. The van der Waals surface area contributed by atoms with E-state index in [4.69, 9.17) is 0 Å². The SMILES string of the molecule is C=C(C(C)[N+]1(CC)CCCCC1)[N+]1(CC)CCCCC1.F[B-](F)(F)F.F[B-](F)(F)F. The van der Waals surface area contributed by atoms with Crippen LogP contribution in [0.25, 0.3) is 0 Å². The average Bonchev–Trinajstić information content (AvgIpc) is 2.65. The number of piperidine rings is 2. The Balaban J connectivity index is 0.000000702. The van der Waals surface area contributed by atoms with Gasteiger partial charge in [0.05, 0.1) is 39.3 Å². The molecule has 180 valence electrons. The maximum Gasteiger partial charge on any atom is 0.673 e. The molecule has 2 aliphatic rings. The molecule has 0 aromatic rings. The van der Waals surface area contributed by atoms with Crippen molar-refractivity contribution in [3.05, 3.63) is 12.3 Å². The Morgan fingerprint density at radius 1 is 0.700 bits per heavy atom. The van der Waals surface area contributed by atoms with Crippen LogP contribution in [0.5, 0.6) is 0 Å². The first kappa shape index (κ1) is 29.2. The molecule has 2 aliphatic heterocycles. The summed E-state index contributed by atoms with van der Waals surface area (Å²) in [6.45, 7) is 19.8. The van der Waals surface area contributed by atoms with Gasteiger partial charge >= 0.3 is 14.5 Å². The van der Waals surface area contributed by atoms with Crippen molar-refractivity contribution in [2.45, 2.75) is 65.3 Å². The van der Waals surface area contributed by atoms with Gasteiger partial charge in [0, 0.05) is 0 Å². The summed E-state index contributed by atoms with van der Waals surface area (Å²) in [6.07, 6.45) is 8.48. The van der Waals surface area contributed by atoms with Crippen molar-refractivity contribution < 1.29 is 43.5 Å². The number of quaternary nitrogens is 2. The van der Waals surface area contributed by atoms with E-state index in [2.05, 4.69) is 27.4 Å². The molecule has 30 heavy (non-hydrogen) atoms. The smallest absolute Gasteiger partial charge is 0.418 e. The van der Waals surface area contributed by atoms with E-state index in [0.29, 0.717) is 6.04 Å². The lowest BCUT2D eigenvalue weighted by Gasteiger charge is -2.50. The Kier molecular flexibility index (Phi) is 12.0. The Morgan fingerprint density at radius 3 is 1.33 bits per heavy atom. The summed E-state index contributed by atoms with van der Waals surface area (Å²) < 4.78 is 80.5. The number of nitrogens with zero attached hydrogens (tertiary/aromatic N) is 2. The van der Waals surface area contributed by atoms with E-state index in [-0.39, 0.29) is 0 Å². The van der Waals surface area contributed by atoms with Gasteiger partial charge in [-0.25, -0.2) is 0 Å². The van der Waals surface area contributed by atoms with Gasteiger partial charge in [-0.05, 0) is 65.9 Å². The molecule has 0 aromatic heterocycles. The standard InChI is InChI=1S/C18H36N2.2BF4/c1-5-19(13-9-7-10-14-19)17(3)18(4)20(6-2)15-11-8-12-16-20;2*2-1(3,4)5/h18H,3,5-16H2,1-2,4H3;;/q+2;2*-1. The molecule has 0 N–H and O–H groups in total. The van der Waals surface area contributed by atoms with Gasteiger partial charge in [-0.3, -0.25) is 4.48 Å². The number of hydrogen-bond acceptors (Lipinski definition) is 0. The molecule has 2 fully saturated rings. The lowest BCUT2D eigenvalue weighted by molar-refractivity contribution is -0.977. The molecule has 0 radical (unpaired) electrons. The molecule has 2 rings (SSSR count). The Bertz CT molecular complexity index is 475. The average molecular weight is 454 g/mol. The third kappa shape index (κ3) is 11.0. The Labute approximate surface area is 175 Å². The summed E-state index contributed by atoms with van der Waals surface area (Å²) in [7, 11) is -12.0. The quantitative estimate of drug-likeness (QED) is 0.252.